The molecule has 0 fully saturated rings. The zero-order chi connectivity index (χ0) is 18.0. The van der Waals surface area contributed by atoms with Crippen molar-refractivity contribution in [2.75, 3.05) is 5.43 Å². The van der Waals surface area contributed by atoms with E-state index >= 15 is 0 Å². The van der Waals surface area contributed by atoms with E-state index in [1.54, 1.807) is 0 Å². The molecule has 0 aliphatic heterocycles. The summed E-state index contributed by atoms with van der Waals surface area (Å²) >= 11 is 0. The number of halogens is 6. The molecule has 0 bridgehead atoms. The molecular formula is C12H9F6N5O. The minimum Gasteiger partial charge on any atom is -0.313 e. The second kappa shape index (κ2) is 6.02. The monoisotopic (exact) mass is 353 g/mol. The van der Waals surface area contributed by atoms with Crippen LogP contribution in [-0.2, 0) is 0 Å². The summed E-state index contributed by atoms with van der Waals surface area (Å²) in [6.07, 6.45) is -10.7. The molecule has 1 aromatic carbocycles. The number of hydrogen-bond acceptors (Lipinski definition) is 4. The predicted molar refractivity (Wildman–Crippen MR) is 68.1 cm³/mol. The van der Waals surface area contributed by atoms with Crippen LogP contribution in [-0.4, -0.2) is 38.8 Å². The van der Waals surface area contributed by atoms with Crippen LogP contribution in [0.3, 0.4) is 0 Å². The maximum Gasteiger partial charge on any atom is 0.441 e. The van der Waals surface area contributed by atoms with Gasteiger partial charge in [-0.25, -0.2) is 4.68 Å². The van der Waals surface area contributed by atoms with E-state index in [0.29, 0.717) is 12.7 Å². The Bertz CT molecular complexity index is 668. The molecule has 2 N–H and O–H groups in total. The topological polar surface area (TPSA) is 71.8 Å². The van der Waals surface area contributed by atoms with Crippen LogP contribution in [0.15, 0.2) is 43.0 Å². The van der Waals surface area contributed by atoms with Crippen LogP contribution in [0.1, 0.15) is 10.4 Å². The van der Waals surface area contributed by atoms with Gasteiger partial charge in [0.05, 0.1) is 0 Å². The Labute approximate surface area is 130 Å². The summed E-state index contributed by atoms with van der Waals surface area (Å²) in [5.41, 5.74) is -3.95. The zero-order valence-corrected chi connectivity index (χ0v) is 11.6. The molecule has 0 unspecified atom stereocenters. The Balaban J connectivity index is 2.47. The fraction of sp³-hybridized carbons (Fsp3) is 0.250. The molecule has 130 valence electrons. The highest BCUT2D eigenvalue weighted by molar-refractivity contribution is 5.94. The van der Waals surface area contributed by atoms with Crippen LogP contribution in [0.25, 0.3) is 0 Å². The second-order valence-corrected chi connectivity index (χ2v) is 4.55. The average Bonchev–Trinajstić information content (AvgIpc) is 2.98. The van der Waals surface area contributed by atoms with Crippen LogP contribution in [0.5, 0.6) is 0 Å². The van der Waals surface area contributed by atoms with Crippen molar-refractivity contribution in [3.8, 4) is 0 Å². The third-order valence-electron chi connectivity index (χ3n) is 2.90. The van der Waals surface area contributed by atoms with Gasteiger partial charge in [0.1, 0.15) is 12.7 Å². The molecule has 0 spiro atoms. The van der Waals surface area contributed by atoms with Crippen molar-refractivity contribution in [3.63, 3.8) is 0 Å². The van der Waals surface area contributed by atoms with E-state index in [9.17, 15) is 31.1 Å². The van der Waals surface area contributed by atoms with Crippen molar-refractivity contribution in [2.24, 2.45) is 0 Å². The summed E-state index contributed by atoms with van der Waals surface area (Å²) in [4.78, 5) is 11.9. The smallest absolute Gasteiger partial charge is 0.313 e. The highest BCUT2D eigenvalue weighted by atomic mass is 19.4. The summed E-state index contributed by atoms with van der Waals surface area (Å²) in [5, 5.41) is 7.21. The number of nitrogens with one attached hydrogen (secondary N) is 2. The molecular weight excluding hydrogens is 344 g/mol. The van der Waals surface area contributed by atoms with Crippen LogP contribution in [0.4, 0.5) is 26.3 Å². The van der Waals surface area contributed by atoms with Crippen molar-refractivity contribution < 1.29 is 31.1 Å². The molecule has 0 saturated carbocycles. The summed E-state index contributed by atoms with van der Waals surface area (Å²) in [7, 11) is 0. The summed E-state index contributed by atoms with van der Waals surface area (Å²) in [6.45, 7) is 0. The van der Waals surface area contributed by atoms with Crippen LogP contribution in [0.2, 0.25) is 0 Å². The fourth-order valence-electron chi connectivity index (χ4n) is 1.74. The van der Waals surface area contributed by atoms with E-state index in [2.05, 4.69) is 10.2 Å². The van der Waals surface area contributed by atoms with Gasteiger partial charge in [0.15, 0.2) is 0 Å². The SMILES string of the molecule is O=C(NC(Nn1cnnc1)(C(F)(F)F)C(F)(F)F)c1ccccc1. The number of amides is 1. The number of hydrogen-bond donors (Lipinski definition) is 2. The van der Waals surface area contributed by atoms with Gasteiger partial charge in [0, 0.05) is 5.56 Å². The third-order valence-corrected chi connectivity index (χ3v) is 2.90. The third kappa shape index (κ3) is 3.26. The molecule has 0 atom stereocenters. The predicted octanol–water partition coefficient (Wildman–Crippen LogP) is 2.07. The first-order valence-electron chi connectivity index (χ1n) is 6.21. The van der Waals surface area contributed by atoms with Crippen LogP contribution < -0.4 is 10.7 Å². The Morgan fingerprint density at radius 3 is 1.88 bits per heavy atom. The van der Waals surface area contributed by atoms with Gasteiger partial charge in [-0.15, -0.1) is 10.2 Å². The molecule has 12 heteroatoms. The molecule has 1 amide bonds. The fourth-order valence-corrected chi connectivity index (χ4v) is 1.74. The standard InChI is InChI=1S/C12H9F6N5O/c13-11(14,15)10(12(16,17)18,22-23-6-19-20-7-23)21-9(24)8-4-2-1-3-5-8/h1-7,22H,(H,21,24). The van der Waals surface area contributed by atoms with Gasteiger partial charge in [-0.2, -0.15) is 26.3 Å². The van der Waals surface area contributed by atoms with Crippen molar-refractivity contribution in [3.05, 3.63) is 48.5 Å². The van der Waals surface area contributed by atoms with Crippen molar-refractivity contribution in [2.45, 2.75) is 18.0 Å². The molecule has 1 aromatic heterocycles. The van der Waals surface area contributed by atoms with E-state index in [1.165, 1.54) is 18.2 Å². The second-order valence-electron chi connectivity index (χ2n) is 4.55. The van der Waals surface area contributed by atoms with E-state index in [1.807, 2.05) is 0 Å². The largest absolute Gasteiger partial charge is 0.441 e. The van der Waals surface area contributed by atoms with Gasteiger partial charge >= 0.3 is 18.0 Å². The molecule has 2 aromatic rings. The summed E-state index contributed by atoms with van der Waals surface area (Å²) in [5.74, 6) is -1.56. The highest BCUT2D eigenvalue weighted by Crippen LogP contribution is 2.42. The first-order chi connectivity index (χ1) is 11.1. The number of alkyl halides is 6. The minimum absolute atomic E-state index is 0.242. The van der Waals surface area contributed by atoms with Gasteiger partial charge < -0.3 is 5.32 Å². The molecule has 0 aliphatic carbocycles. The molecule has 24 heavy (non-hydrogen) atoms. The van der Waals surface area contributed by atoms with E-state index in [4.69, 9.17) is 0 Å². The van der Waals surface area contributed by atoms with E-state index in [-0.39, 0.29) is 10.2 Å². The Morgan fingerprint density at radius 2 is 1.42 bits per heavy atom. The number of aromatic nitrogens is 3. The van der Waals surface area contributed by atoms with Crippen molar-refractivity contribution in [1.82, 2.24) is 20.2 Å². The lowest BCUT2D eigenvalue weighted by molar-refractivity contribution is -0.297. The minimum atomic E-state index is -5.92. The lowest BCUT2D eigenvalue weighted by Crippen LogP contribution is -2.73. The first kappa shape index (κ1) is 17.6. The Kier molecular flexibility index (Phi) is 4.40. The van der Waals surface area contributed by atoms with Crippen molar-refractivity contribution in [1.29, 1.82) is 0 Å². The Hall–Kier alpha value is -2.79. The van der Waals surface area contributed by atoms with E-state index < -0.39 is 23.9 Å². The number of rotatable bonds is 4. The average molecular weight is 353 g/mol. The van der Waals surface area contributed by atoms with Gasteiger partial charge in [0.25, 0.3) is 5.91 Å². The van der Waals surface area contributed by atoms with Gasteiger partial charge in [0.2, 0.25) is 0 Å². The molecule has 2 rings (SSSR count). The van der Waals surface area contributed by atoms with Crippen LogP contribution in [0, 0.1) is 0 Å². The lowest BCUT2D eigenvalue weighted by Gasteiger charge is -2.38. The molecule has 6 nitrogen and oxygen atoms in total. The Morgan fingerprint density at radius 1 is 0.917 bits per heavy atom. The van der Waals surface area contributed by atoms with Gasteiger partial charge in [-0.05, 0) is 12.1 Å². The maximum atomic E-state index is 13.3. The summed E-state index contributed by atoms with van der Waals surface area (Å²) < 4.78 is 80.0. The first-order valence-corrected chi connectivity index (χ1v) is 6.21. The van der Waals surface area contributed by atoms with Crippen molar-refractivity contribution >= 4 is 5.91 Å². The molecule has 1 heterocycles. The number of benzene rings is 1. The maximum absolute atomic E-state index is 13.3. The summed E-state index contributed by atoms with van der Waals surface area (Å²) in [6, 6.07) is 6.19. The number of nitrogens with zero attached hydrogens (tertiary/aromatic N) is 3. The quantitative estimate of drug-likeness (QED) is 0.652. The lowest BCUT2D eigenvalue weighted by atomic mass is 10.1. The van der Waals surface area contributed by atoms with Gasteiger partial charge in [-0.1, -0.05) is 18.2 Å². The van der Waals surface area contributed by atoms with E-state index in [0.717, 1.165) is 22.9 Å². The zero-order valence-electron chi connectivity index (χ0n) is 11.6. The number of carbonyl (C=O) groups is 1. The molecule has 0 aliphatic rings. The van der Waals surface area contributed by atoms with Gasteiger partial charge in [-0.3, -0.25) is 10.2 Å². The van der Waals surface area contributed by atoms with Crippen LogP contribution >= 0.6 is 0 Å². The molecule has 0 saturated heterocycles. The normalized spacial score (nSPS) is 12.8. The molecule has 0 radical (unpaired) electrons. The number of carbonyl (C=O) groups excluding carboxylic acids is 1. The highest BCUT2D eigenvalue weighted by Gasteiger charge is 2.73.